The Morgan fingerprint density at radius 2 is 1.91 bits per heavy atom. The summed E-state index contributed by atoms with van der Waals surface area (Å²) in [6, 6.07) is 17.5. The fourth-order valence-electron chi connectivity index (χ4n) is 5.54. The fourth-order valence-corrected chi connectivity index (χ4v) is 5.54. The average Bonchev–Trinajstić information content (AvgIpc) is 2.88. The van der Waals surface area contributed by atoms with Gasteiger partial charge in [0.1, 0.15) is 5.75 Å². The number of hydrogen-bond donors (Lipinski definition) is 1. The number of allylic oxidation sites excluding steroid dienone is 1. The van der Waals surface area contributed by atoms with Gasteiger partial charge in [-0.1, -0.05) is 18.2 Å². The SMILES string of the molecule is Cc1ccc2c(N3CCN(C4CC=C(c5ccc6c(c5)NC(=O)CO6)CC4)CC3)cccc2n1.Cl. The lowest BCUT2D eigenvalue weighted by atomic mass is 9.89. The Morgan fingerprint density at radius 3 is 2.71 bits per heavy atom. The van der Waals surface area contributed by atoms with Crippen molar-refractivity contribution in [2.45, 2.75) is 32.2 Å². The Balaban J connectivity index is 0.00000253. The lowest BCUT2D eigenvalue weighted by molar-refractivity contribution is -0.118. The summed E-state index contributed by atoms with van der Waals surface area (Å²) in [6.45, 7) is 6.42. The largest absolute Gasteiger partial charge is 0.482 e. The van der Waals surface area contributed by atoms with Crippen LogP contribution in [0.1, 0.15) is 30.5 Å². The molecule has 3 aromatic rings. The van der Waals surface area contributed by atoms with Crippen molar-refractivity contribution in [1.29, 1.82) is 0 Å². The number of pyridine rings is 1. The third-order valence-corrected chi connectivity index (χ3v) is 7.39. The van der Waals surface area contributed by atoms with Crippen molar-refractivity contribution in [1.82, 2.24) is 9.88 Å². The summed E-state index contributed by atoms with van der Waals surface area (Å²) >= 11 is 0. The standard InChI is InChI=1S/C28H30N4O2.ClH/c1-19-5-11-23-24(29-19)3-2-4-26(23)32-15-13-31(14-16-32)22-9-6-20(7-10-22)21-8-12-27-25(17-21)30-28(33)18-34-27;/h2-6,8,11-12,17,22H,7,9-10,13-16,18H2,1H3,(H,30,33);1H. The van der Waals surface area contributed by atoms with E-state index in [1.807, 2.05) is 13.0 Å². The average molecular weight is 491 g/mol. The maximum atomic E-state index is 11.7. The van der Waals surface area contributed by atoms with E-state index >= 15 is 0 Å². The molecule has 0 spiro atoms. The van der Waals surface area contributed by atoms with Crippen molar-refractivity contribution in [3.05, 3.63) is 65.9 Å². The molecule has 6 rings (SSSR count). The highest BCUT2D eigenvalue weighted by atomic mass is 35.5. The van der Waals surface area contributed by atoms with Crippen LogP contribution in [0.15, 0.2) is 54.6 Å². The van der Waals surface area contributed by atoms with E-state index in [4.69, 9.17) is 9.72 Å². The minimum absolute atomic E-state index is 0. The van der Waals surface area contributed by atoms with Gasteiger partial charge >= 0.3 is 0 Å². The molecular formula is C28H31ClN4O2. The molecule has 3 aliphatic rings. The fraction of sp³-hybridized carbons (Fsp3) is 0.357. The molecule has 2 aromatic carbocycles. The first-order chi connectivity index (χ1) is 16.6. The second-order valence-corrected chi connectivity index (χ2v) is 9.52. The van der Waals surface area contributed by atoms with E-state index in [0.29, 0.717) is 6.04 Å². The summed E-state index contributed by atoms with van der Waals surface area (Å²) in [4.78, 5) is 21.6. The maximum absolute atomic E-state index is 11.7. The molecule has 2 aliphatic heterocycles. The summed E-state index contributed by atoms with van der Waals surface area (Å²) in [5.41, 5.74) is 6.79. The number of rotatable bonds is 3. The number of carbonyl (C=O) groups excluding carboxylic acids is 1. The van der Waals surface area contributed by atoms with E-state index in [1.165, 1.54) is 28.6 Å². The molecule has 1 N–H and O–H groups in total. The molecule has 1 aliphatic carbocycles. The number of aryl methyl sites for hydroxylation is 1. The van der Waals surface area contributed by atoms with Gasteiger partial charge in [-0.25, -0.2) is 0 Å². The van der Waals surface area contributed by atoms with Crippen molar-refractivity contribution in [2.24, 2.45) is 0 Å². The first-order valence-corrected chi connectivity index (χ1v) is 12.3. The number of amides is 1. The van der Waals surface area contributed by atoms with Crippen molar-refractivity contribution in [3.63, 3.8) is 0 Å². The molecule has 1 saturated heterocycles. The van der Waals surface area contributed by atoms with Crippen LogP contribution in [0.2, 0.25) is 0 Å². The predicted octanol–water partition coefficient (Wildman–Crippen LogP) is 5.05. The number of nitrogens with one attached hydrogen (secondary N) is 1. The van der Waals surface area contributed by atoms with Gasteiger partial charge in [-0.05, 0) is 73.7 Å². The molecular weight excluding hydrogens is 460 g/mol. The van der Waals surface area contributed by atoms with Gasteiger partial charge in [0.25, 0.3) is 5.91 Å². The Morgan fingerprint density at radius 1 is 1.06 bits per heavy atom. The number of hydrogen-bond acceptors (Lipinski definition) is 5. The van der Waals surface area contributed by atoms with Crippen LogP contribution in [0.3, 0.4) is 0 Å². The normalized spacial score (nSPS) is 20.4. The number of ether oxygens (including phenoxy) is 1. The van der Waals surface area contributed by atoms with Crippen LogP contribution < -0.4 is 15.0 Å². The molecule has 0 saturated carbocycles. The van der Waals surface area contributed by atoms with Crippen LogP contribution in [0, 0.1) is 6.92 Å². The van der Waals surface area contributed by atoms with Gasteiger partial charge in [-0.3, -0.25) is 14.7 Å². The first kappa shape index (κ1) is 23.6. The van der Waals surface area contributed by atoms with E-state index in [1.54, 1.807) is 0 Å². The van der Waals surface area contributed by atoms with Gasteiger partial charge in [-0.15, -0.1) is 12.4 Å². The minimum atomic E-state index is -0.0867. The van der Waals surface area contributed by atoms with Gasteiger partial charge in [0.05, 0.1) is 11.2 Å². The number of benzene rings is 2. The van der Waals surface area contributed by atoms with Gasteiger partial charge in [0.2, 0.25) is 0 Å². The lowest BCUT2D eigenvalue weighted by Gasteiger charge is -2.41. The highest BCUT2D eigenvalue weighted by Gasteiger charge is 2.27. The number of piperazine rings is 1. The number of halogens is 1. The van der Waals surface area contributed by atoms with Crippen LogP contribution in [-0.2, 0) is 4.79 Å². The molecule has 1 unspecified atom stereocenters. The molecule has 3 heterocycles. The van der Waals surface area contributed by atoms with Crippen LogP contribution in [-0.4, -0.2) is 54.6 Å². The van der Waals surface area contributed by atoms with E-state index in [2.05, 4.69) is 63.7 Å². The first-order valence-electron chi connectivity index (χ1n) is 12.3. The highest BCUT2D eigenvalue weighted by molar-refractivity contribution is 5.96. The Labute approximate surface area is 212 Å². The Kier molecular flexibility index (Phi) is 6.67. The summed E-state index contributed by atoms with van der Waals surface area (Å²) in [5, 5.41) is 4.17. The maximum Gasteiger partial charge on any atom is 0.262 e. The van der Waals surface area contributed by atoms with Gasteiger partial charge in [0, 0.05) is 49.0 Å². The smallest absolute Gasteiger partial charge is 0.262 e. The molecule has 1 amide bonds. The molecule has 35 heavy (non-hydrogen) atoms. The summed E-state index contributed by atoms with van der Waals surface area (Å²) in [6.07, 6.45) is 5.70. The molecule has 6 nitrogen and oxygen atoms in total. The topological polar surface area (TPSA) is 57.7 Å². The van der Waals surface area contributed by atoms with Crippen LogP contribution in [0.4, 0.5) is 11.4 Å². The second-order valence-electron chi connectivity index (χ2n) is 9.52. The summed E-state index contributed by atoms with van der Waals surface area (Å²) in [7, 11) is 0. The number of aromatic nitrogens is 1. The van der Waals surface area contributed by atoms with Crippen LogP contribution in [0.5, 0.6) is 5.75 Å². The summed E-state index contributed by atoms with van der Waals surface area (Å²) in [5.74, 6) is 0.670. The zero-order valence-corrected chi connectivity index (χ0v) is 20.8. The van der Waals surface area contributed by atoms with Crippen LogP contribution >= 0.6 is 12.4 Å². The van der Waals surface area contributed by atoms with Crippen molar-refractivity contribution in [2.75, 3.05) is 43.0 Å². The number of nitrogens with zero attached hydrogens (tertiary/aromatic N) is 3. The third kappa shape index (κ3) is 4.73. The molecule has 182 valence electrons. The molecule has 1 fully saturated rings. The molecule has 0 radical (unpaired) electrons. The molecule has 7 heteroatoms. The zero-order valence-electron chi connectivity index (χ0n) is 20.0. The summed E-state index contributed by atoms with van der Waals surface area (Å²) < 4.78 is 5.50. The van der Waals surface area contributed by atoms with Gasteiger partial charge < -0.3 is 15.0 Å². The van der Waals surface area contributed by atoms with Gasteiger partial charge in [0.15, 0.2) is 6.61 Å². The minimum Gasteiger partial charge on any atom is -0.482 e. The molecule has 0 bridgehead atoms. The van der Waals surface area contributed by atoms with E-state index < -0.39 is 0 Å². The number of anilines is 2. The van der Waals surface area contributed by atoms with Gasteiger partial charge in [-0.2, -0.15) is 0 Å². The van der Waals surface area contributed by atoms with E-state index in [9.17, 15) is 4.79 Å². The number of fused-ring (bicyclic) bond motifs is 2. The Bertz CT molecular complexity index is 1280. The zero-order chi connectivity index (χ0) is 23.1. The van der Waals surface area contributed by atoms with Crippen LogP contribution in [0.25, 0.3) is 16.5 Å². The second kappa shape index (κ2) is 9.88. The third-order valence-electron chi connectivity index (χ3n) is 7.39. The lowest BCUT2D eigenvalue weighted by Crippen LogP contribution is -2.50. The quantitative estimate of drug-likeness (QED) is 0.556. The van der Waals surface area contributed by atoms with E-state index in [0.717, 1.165) is 61.7 Å². The number of carbonyl (C=O) groups is 1. The van der Waals surface area contributed by atoms with E-state index in [-0.39, 0.29) is 24.9 Å². The van der Waals surface area contributed by atoms with Crippen molar-refractivity contribution >= 4 is 46.2 Å². The Hall–Kier alpha value is -3.09. The molecule has 1 atom stereocenters. The predicted molar refractivity (Wildman–Crippen MR) is 144 cm³/mol. The van der Waals surface area contributed by atoms with Crippen molar-refractivity contribution in [3.8, 4) is 5.75 Å². The monoisotopic (exact) mass is 490 g/mol. The highest BCUT2D eigenvalue weighted by Crippen LogP contribution is 2.35. The van der Waals surface area contributed by atoms with Crippen molar-refractivity contribution < 1.29 is 9.53 Å². The molecule has 1 aromatic heterocycles.